The Labute approximate surface area is 223 Å². The number of halogens is 3. The molecule has 1 N–H and O–H groups in total. The van der Waals surface area contributed by atoms with Gasteiger partial charge in [0.2, 0.25) is 0 Å². The zero-order valence-corrected chi connectivity index (χ0v) is 23.1. The fourth-order valence-electron chi connectivity index (χ4n) is 5.17. The van der Waals surface area contributed by atoms with Crippen molar-refractivity contribution in [1.82, 2.24) is 19.9 Å². The molecule has 1 aromatic carbocycles. The van der Waals surface area contributed by atoms with Crippen molar-refractivity contribution in [1.29, 1.82) is 0 Å². The molecule has 3 aromatic heterocycles. The number of hydrogen-bond donors (Lipinski definition) is 1. The van der Waals surface area contributed by atoms with Gasteiger partial charge >= 0.3 is 0 Å². The van der Waals surface area contributed by atoms with Gasteiger partial charge < -0.3 is 5.32 Å². The first kappa shape index (κ1) is 25.2. The smallest absolute Gasteiger partial charge is 0.253 e. The summed E-state index contributed by atoms with van der Waals surface area (Å²) in [5.41, 5.74) is 4.70. The van der Waals surface area contributed by atoms with E-state index in [1.165, 1.54) is 17.0 Å². The van der Waals surface area contributed by atoms with Gasteiger partial charge in [-0.25, -0.2) is 13.9 Å². The standard InChI is InChI=1S/C27H27Cl2FN4OS/c1-13-9-20-22(27(3,4)5)17(26(35)33-19-7-6-8-21-24(19)32-14(2)36-21)12-31-34(20)25(13)16-10-15(30)11-18(28)23(16)29/h9-12,19H,6-8H2,1-5H3,(H,33,35)/t19-/m0/s1. The number of hydrogen-bond acceptors (Lipinski definition) is 4. The third-order valence-corrected chi connectivity index (χ3v) is 8.45. The monoisotopic (exact) mass is 544 g/mol. The molecule has 1 amide bonds. The van der Waals surface area contributed by atoms with E-state index in [0.29, 0.717) is 16.8 Å². The predicted octanol–water partition coefficient (Wildman–Crippen LogP) is 7.63. The minimum absolute atomic E-state index is 0.118. The summed E-state index contributed by atoms with van der Waals surface area (Å²) in [6, 6.07) is 4.40. The van der Waals surface area contributed by atoms with Gasteiger partial charge in [-0.1, -0.05) is 44.0 Å². The number of nitrogens with zero attached hydrogens (tertiary/aromatic N) is 3. The zero-order chi connectivity index (χ0) is 25.9. The summed E-state index contributed by atoms with van der Waals surface area (Å²) >= 11 is 14.4. The quantitative estimate of drug-likeness (QED) is 0.270. The Morgan fingerprint density at radius 1 is 1.22 bits per heavy atom. The van der Waals surface area contributed by atoms with Gasteiger partial charge in [0.25, 0.3) is 5.91 Å². The van der Waals surface area contributed by atoms with E-state index in [2.05, 4.69) is 31.2 Å². The third kappa shape index (κ3) is 4.31. The molecule has 0 spiro atoms. The Kier molecular flexibility index (Phi) is 6.38. The van der Waals surface area contributed by atoms with Crippen LogP contribution in [-0.4, -0.2) is 20.5 Å². The highest BCUT2D eigenvalue weighted by Crippen LogP contribution is 2.40. The number of fused-ring (bicyclic) bond motifs is 2. The molecule has 0 saturated heterocycles. The molecule has 5 nitrogen and oxygen atoms in total. The van der Waals surface area contributed by atoms with Crippen molar-refractivity contribution in [2.75, 3.05) is 0 Å². The van der Waals surface area contributed by atoms with E-state index in [1.54, 1.807) is 22.0 Å². The minimum atomic E-state index is -0.482. The maximum absolute atomic E-state index is 14.3. The fraction of sp³-hybridized carbons (Fsp3) is 0.370. The van der Waals surface area contributed by atoms with E-state index in [0.717, 1.165) is 46.6 Å². The molecule has 9 heteroatoms. The number of rotatable bonds is 3. The zero-order valence-electron chi connectivity index (χ0n) is 20.8. The highest BCUT2D eigenvalue weighted by Gasteiger charge is 2.31. The van der Waals surface area contributed by atoms with Crippen LogP contribution >= 0.6 is 34.5 Å². The summed E-state index contributed by atoms with van der Waals surface area (Å²) in [4.78, 5) is 19.6. The fourth-order valence-corrected chi connectivity index (χ4v) is 6.61. The maximum atomic E-state index is 14.3. The summed E-state index contributed by atoms with van der Waals surface area (Å²) < 4.78 is 16.0. The Hall–Kier alpha value is -2.48. The number of benzene rings is 1. The molecule has 4 aromatic rings. The summed E-state index contributed by atoms with van der Waals surface area (Å²) in [5, 5.41) is 9.28. The van der Waals surface area contributed by atoms with Gasteiger partial charge in [0, 0.05) is 10.4 Å². The van der Waals surface area contributed by atoms with Crippen LogP contribution in [0, 0.1) is 19.7 Å². The molecule has 36 heavy (non-hydrogen) atoms. The second-order valence-electron chi connectivity index (χ2n) is 10.4. The molecular weight excluding hydrogens is 518 g/mol. The number of thiazole rings is 1. The lowest BCUT2D eigenvalue weighted by Gasteiger charge is -2.26. The van der Waals surface area contributed by atoms with Crippen molar-refractivity contribution in [3.8, 4) is 11.3 Å². The first-order valence-electron chi connectivity index (χ1n) is 11.9. The molecule has 5 rings (SSSR count). The lowest BCUT2D eigenvalue weighted by molar-refractivity contribution is 0.0929. The summed E-state index contributed by atoms with van der Waals surface area (Å²) in [5.74, 6) is -0.657. The van der Waals surface area contributed by atoms with Gasteiger partial charge in [0.1, 0.15) is 5.82 Å². The van der Waals surface area contributed by atoms with Crippen LogP contribution in [0.5, 0.6) is 0 Å². The van der Waals surface area contributed by atoms with Gasteiger partial charge in [0.15, 0.2) is 0 Å². The predicted molar refractivity (Wildman–Crippen MR) is 144 cm³/mol. The molecule has 0 fully saturated rings. The number of carbonyl (C=O) groups excluding carboxylic acids is 1. The largest absolute Gasteiger partial charge is 0.344 e. The van der Waals surface area contributed by atoms with Gasteiger partial charge in [-0.05, 0) is 67.9 Å². The van der Waals surface area contributed by atoms with Crippen LogP contribution in [-0.2, 0) is 11.8 Å². The van der Waals surface area contributed by atoms with E-state index in [-0.39, 0.29) is 27.4 Å². The summed E-state index contributed by atoms with van der Waals surface area (Å²) in [6.07, 6.45) is 4.47. The number of aromatic nitrogens is 3. The lowest BCUT2D eigenvalue weighted by atomic mass is 9.83. The van der Waals surface area contributed by atoms with Gasteiger partial charge in [-0.15, -0.1) is 11.3 Å². The first-order chi connectivity index (χ1) is 17.0. The van der Waals surface area contributed by atoms with E-state index >= 15 is 0 Å². The normalized spacial score (nSPS) is 15.8. The number of nitrogens with one attached hydrogen (secondary N) is 1. The van der Waals surface area contributed by atoms with E-state index < -0.39 is 5.82 Å². The van der Waals surface area contributed by atoms with Gasteiger partial charge in [-0.3, -0.25) is 4.79 Å². The maximum Gasteiger partial charge on any atom is 0.253 e. The van der Waals surface area contributed by atoms with E-state index in [1.807, 2.05) is 19.9 Å². The summed E-state index contributed by atoms with van der Waals surface area (Å²) in [7, 11) is 0. The van der Waals surface area contributed by atoms with Crippen molar-refractivity contribution in [3.05, 3.63) is 72.5 Å². The van der Waals surface area contributed by atoms with Crippen molar-refractivity contribution in [2.45, 2.75) is 65.3 Å². The third-order valence-electron chi connectivity index (χ3n) is 6.60. The molecule has 188 valence electrons. The van der Waals surface area contributed by atoms with Crippen molar-refractivity contribution < 1.29 is 9.18 Å². The number of aryl methyl sites for hydroxylation is 3. The molecule has 1 aliphatic rings. The first-order valence-corrected chi connectivity index (χ1v) is 13.5. The Morgan fingerprint density at radius 2 is 1.97 bits per heavy atom. The highest BCUT2D eigenvalue weighted by atomic mass is 35.5. The van der Waals surface area contributed by atoms with Gasteiger partial charge in [-0.2, -0.15) is 5.10 Å². The minimum Gasteiger partial charge on any atom is -0.344 e. The topological polar surface area (TPSA) is 59.3 Å². The average molecular weight is 546 g/mol. The molecule has 1 atom stereocenters. The van der Waals surface area contributed by atoms with Crippen LogP contribution in [0.1, 0.15) is 76.7 Å². The van der Waals surface area contributed by atoms with Crippen LogP contribution in [0.4, 0.5) is 4.39 Å². The molecule has 3 heterocycles. The van der Waals surface area contributed by atoms with Crippen LogP contribution in [0.3, 0.4) is 0 Å². The Balaban J connectivity index is 1.63. The van der Waals surface area contributed by atoms with Crippen LogP contribution < -0.4 is 5.32 Å². The van der Waals surface area contributed by atoms with Crippen molar-refractivity contribution in [2.24, 2.45) is 0 Å². The summed E-state index contributed by atoms with van der Waals surface area (Å²) in [6.45, 7) is 10.1. The van der Waals surface area contributed by atoms with Crippen molar-refractivity contribution in [3.63, 3.8) is 0 Å². The second-order valence-corrected chi connectivity index (χ2v) is 12.4. The molecule has 0 aliphatic heterocycles. The Morgan fingerprint density at radius 3 is 2.69 bits per heavy atom. The molecule has 1 aliphatic carbocycles. The average Bonchev–Trinajstić information content (AvgIpc) is 3.33. The van der Waals surface area contributed by atoms with E-state index in [4.69, 9.17) is 28.2 Å². The van der Waals surface area contributed by atoms with Crippen LogP contribution in [0.15, 0.2) is 24.4 Å². The van der Waals surface area contributed by atoms with Gasteiger partial charge in [0.05, 0.1) is 49.8 Å². The Bertz CT molecular complexity index is 1520. The van der Waals surface area contributed by atoms with Crippen LogP contribution in [0.25, 0.3) is 16.8 Å². The van der Waals surface area contributed by atoms with Crippen LogP contribution in [0.2, 0.25) is 10.0 Å². The van der Waals surface area contributed by atoms with E-state index in [9.17, 15) is 9.18 Å². The molecule has 0 radical (unpaired) electrons. The number of carbonyl (C=O) groups is 1. The molecule has 0 unspecified atom stereocenters. The second kappa shape index (κ2) is 9.12. The molecule has 0 bridgehead atoms. The lowest BCUT2D eigenvalue weighted by Crippen LogP contribution is -2.33. The highest BCUT2D eigenvalue weighted by molar-refractivity contribution is 7.11. The molecule has 0 saturated carbocycles. The van der Waals surface area contributed by atoms with Crippen molar-refractivity contribution >= 4 is 46.0 Å². The SMILES string of the molecule is Cc1nc2c(s1)CCC[C@@H]2NC(=O)c1cnn2c(-c3cc(F)cc(Cl)c3Cl)c(C)cc2c1C(C)(C)C. The molecular formula is C27H27Cl2FN4OS. The number of amides is 1.